The number of rotatable bonds is 10. The predicted octanol–water partition coefficient (Wildman–Crippen LogP) is 1.17. The Kier molecular flexibility index (Phi) is 7.97. The Morgan fingerprint density at radius 1 is 1.18 bits per heavy atom. The minimum absolute atomic E-state index is 0.0294. The number of ether oxygens (including phenoxy) is 3. The lowest BCUT2D eigenvalue weighted by atomic mass is 10.1. The maximum absolute atomic E-state index is 12.4. The fourth-order valence-corrected chi connectivity index (χ4v) is 2.91. The summed E-state index contributed by atoms with van der Waals surface area (Å²) in [7, 11) is 0. The van der Waals surface area contributed by atoms with Gasteiger partial charge in [-0.05, 0) is 11.5 Å². The number of amides is 1. The van der Waals surface area contributed by atoms with Crippen molar-refractivity contribution >= 4 is 29.2 Å². The Hall–Kier alpha value is -3.93. The zero-order chi connectivity index (χ0) is 23.8. The first-order valence-corrected chi connectivity index (χ1v) is 10.3. The maximum Gasteiger partial charge on any atom is 0.408 e. The number of hydrogen-bond acceptors (Lipinski definition) is 9. The lowest BCUT2D eigenvalue weighted by molar-refractivity contribution is -0.149. The Labute approximate surface area is 189 Å². The number of anilines is 1. The predicted molar refractivity (Wildman–Crippen MR) is 118 cm³/mol. The average molecular weight is 458 g/mol. The molecule has 0 aliphatic rings. The smallest absolute Gasteiger partial charge is 0.408 e. The van der Waals surface area contributed by atoms with E-state index in [9.17, 15) is 14.4 Å². The Morgan fingerprint density at radius 3 is 2.67 bits per heavy atom. The third kappa shape index (κ3) is 6.53. The number of nitrogens with two attached hydrogens (primary N) is 1. The molecule has 0 aliphatic carbocycles. The number of carbonyl (C=O) groups excluding carboxylic acids is 2. The molecule has 3 aromatic rings. The first-order valence-electron chi connectivity index (χ1n) is 10.3. The number of H-pyrrole nitrogens is 1. The Bertz CT molecular complexity index is 1140. The number of nitrogen functional groups attached to an aromatic ring is 1. The van der Waals surface area contributed by atoms with Gasteiger partial charge in [-0.15, -0.1) is 0 Å². The minimum Gasteiger partial charge on any atom is -0.462 e. The number of aromatic amines is 1. The summed E-state index contributed by atoms with van der Waals surface area (Å²) in [6.07, 6.45) is 0.692. The number of nitrogens with one attached hydrogen (secondary N) is 2. The van der Waals surface area contributed by atoms with Gasteiger partial charge in [0.25, 0.3) is 5.56 Å². The summed E-state index contributed by atoms with van der Waals surface area (Å²) >= 11 is 0. The highest BCUT2D eigenvalue weighted by atomic mass is 16.6. The average Bonchev–Trinajstić information content (AvgIpc) is 3.19. The first kappa shape index (κ1) is 23.7. The molecule has 0 bridgehead atoms. The summed E-state index contributed by atoms with van der Waals surface area (Å²) in [6.45, 7) is 3.73. The van der Waals surface area contributed by atoms with Crippen LogP contribution in [0.5, 0.6) is 0 Å². The van der Waals surface area contributed by atoms with Gasteiger partial charge in [0.05, 0.1) is 12.9 Å². The van der Waals surface area contributed by atoms with Crippen molar-refractivity contribution in [2.75, 3.05) is 18.9 Å². The normalized spacial score (nSPS) is 12.0. The fourth-order valence-electron chi connectivity index (χ4n) is 2.91. The second kappa shape index (κ2) is 11.1. The second-order valence-electron chi connectivity index (χ2n) is 7.47. The van der Waals surface area contributed by atoms with Crippen molar-refractivity contribution in [3.05, 3.63) is 52.6 Å². The molecule has 2 aromatic heterocycles. The largest absolute Gasteiger partial charge is 0.462 e. The van der Waals surface area contributed by atoms with Crippen molar-refractivity contribution < 1.29 is 23.8 Å². The van der Waals surface area contributed by atoms with E-state index in [1.165, 1.54) is 10.9 Å². The lowest BCUT2D eigenvalue weighted by Gasteiger charge is -2.20. The Balaban J connectivity index is 1.42. The second-order valence-corrected chi connectivity index (χ2v) is 7.47. The molecular weight excluding hydrogens is 432 g/mol. The number of fused-ring (bicyclic) bond motifs is 1. The van der Waals surface area contributed by atoms with Crippen LogP contribution in [0.3, 0.4) is 0 Å². The van der Waals surface area contributed by atoms with E-state index >= 15 is 0 Å². The van der Waals surface area contributed by atoms with Gasteiger partial charge < -0.3 is 25.3 Å². The molecule has 0 saturated heterocycles. The molecule has 0 saturated carbocycles. The summed E-state index contributed by atoms with van der Waals surface area (Å²) in [5.74, 6) is -0.841. The molecule has 0 radical (unpaired) electrons. The van der Waals surface area contributed by atoms with Gasteiger partial charge in [0, 0.05) is 0 Å². The molecule has 2 heterocycles. The van der Waals surface area contributed by atoms with Crippen molar-refractivity contribution in [2.24, 2.45) is 5.92 Å². The van der Waals surface area contributed by atoms with Crippen molar-refractivity contribution in [3.63, 3.8) is 0 Å². The van der Waals surface area contributed by atoms with Gasteiger partial charge in [0.15, 0.2) is 11.2 Å². The molecule has 0 spiro atoms. The number of aromatic nitrogens is 4. The van der Waals surface area contributed by atoms with Gasteiger partial charge in [-0.25, -0.2) is 14.6 Å². The summed E-state index contributed by atoms with van der Waals surface area (Å²) in [6, 6.07) is 8.34. The summed E-state index contributed by atoms with van der Waals surface area (Å²) in [5, 5.41) is 2.54. The van der Waals surface area contributed by atoms with Crippen LogP contribution in [-0.4, -0.2) is 50.8 Å². The molecule has 1 aromatic carbocycles. The van der Waals surface area contributed by atoms with Crippen molar-refractivity contribution in [1.82, 2.24) is 24.8 Å². The summed E-state index contributed by atoms with van der Waals surface area (Å²) < 4.78 is 17.4. The fraction of sp³-hybridized carbons (Fsp3) is 0.381. The molecule has 12 nitrogen and oxygen atoms in total. The van der Waals surface area contributed by atoms with E-state index in [4.69, 9.17) is 19.9 Å². The number of benzene rings is 1. The monoisotopic (exact) mass is 458 g/mol. The number of nitrogens with zero attached hydrogens (tertiary/aromatic N) is 3. The van der Waals surface area contributed by atoms with Crippen LogP contribution < -0.4 is 16.6 Å². The van der Waals surface area contributed by atoms with E-state index < -0.39 is 23.7 Å². The minimum atomic E-state index is -0.871. The van der Waals surface area contributed by atoms with Crippen LogP contribution >= 0.6 is 0 Å². The van der Waals surface area contributed by atoms with Gasteiger partial charge in [-0.3, -0.25) is 14.3 Å². The van der Waals surface area contributed by atoms with E-state index in [0.717, 1.165) is 5.56 Å². The number of hydrogen-bond donors (Lipinski definition) is 3. The zero-order valence-electron chi connectivity index (χ0n) is 18.3. The van der Waals surface area contributed by atoms with Crippen LogP contribution in [0.15, 0.2) is 41.5 Å². The number of carbonyl (C=O) groups is 2. The lowest BCUT2D eigenvalue weighted by Crippen LogP contribution is -2.45. The van der Waals surface area contributed by atoms with Gasteiger partial charge in [-0.1, -0.05) is 44.2 Å². The topological polar surface area (TPSA) is 163 Å². The maximum atomic E-state index is 12.4. The molecule has 176 valence electrons. The SMILES string of the molecule is CC(C)[C@@H](NC(=O)OCc1ccccc1)C(=O)OCCOCn1cnc2c(=O)[nH]c(N)nc21. The van der Waals surface area contributed by atoms with Crippen LogP contribution in [0.4, 0.5) is 10.7 Å². The highest BCUT2D eigenvalue weighted by Crippen LogP contribution is 2.08. The number of esters is 1. The van der Waals surface area contributed by atoms with E-state index in [-0.39, 0.29) is 49.6 Å². The Morgan fingerprint density at radius 2 is 1.94 bits per heavy atom. The van der Waals surface area contributed by atoms with Gasteiger partial charge >= 0.3 is 12.1 Å². The summed E-state index contributed by atoms with van der Waals surface area (Å²) in [4.78, 5) is 46.7. The van der Waals surface area contributed by atoms with Crippen LogP contribution in [0.25, 0.3) is 11.2 Å². The highest BCUT2D eigenvalue weighted by Gasteiger charge is 2.26. The van der Waals surface area contributed by atoms with Crippen molar-refractivity contribution in [3.8, 4) is 0 Å². The summed E-state index contributed by atoms with van der Waals surface area (Å²) in [5.41, 5.74) is 6.37. The molecule has 1 amide bonds. The standard InChI is InChI=1S/C21H26N6O6/c1-13(2)15(24-21(30)33-10-14-6-4-3-5-7-14)19(29)32-9-8-31-12-27-11-23-16-17(27)25-20(22)26-18(16)28/h3-7,11,13,15H,8-10,12H2,1-2H3,(H,24,30)(H3,22,25,26,28)/t15-/m1/s1. The molecule has 1 atom stereocenters. The molecule has 33 heavy (non-hydrogen) atoms. The van der Waals surface area contributed by atoms with Gasteiger partial charge in [0.1, 0.15) is 26.0 Å². The molecule has 0 fully saturated rings. The molecule has 3 rings (SSSR count). The molecular formula is C21H26N6O6. The third-order valence-corrected chi connectivity index (χ3v) is 4.60. The van der Waals surface area contributed by atoms with E-state index in [0.29, 0.717) is 0 Å². The molecule has 12 heteroatoms. The van der Waals surface area contributed by atoms with Crippen LogP contribution in [0.2, 0.25) is 0 Å². The van der Waals surface area contributed by atoms with E-state index in [1.54, 1.807) is 13.8 Å². The van der Waals surface area contributed by atoms with Crippen LogP contribution in [-0.2, 0) is 32.3 Å². The molecule has 0 unspecified atom stereocenters. The quantitative estimate of drug-likeness (QED) is 0.299. The zero-order valence-corrected chi connectivity index (χ0v) is 18.3. The first-order chi connectivity index (χ1) is 15.8. The van der Waals surface area contributed by atoms with Crippen molar-refractivity contribution in [2.45, 2.75) is 33.2 Å². The highest BCUT2D eigenvalue weighted by molar-refractivity contribution is 5.81. The van der Waals surface area contributed by atoms with Crippen LogP contribution in [0.1, 0.15) is 19.4 Å². The number of alkyl carbamates (subject to hydrolysis) is 1. The third-order valence-electron chi connectivity index (χ3n) is 4.60. The van der Waals surface area contributed by atoms with Crippen molar-refractivity contribution in [1.29, 1.82) is 0 Å². The van der Waals surface area contributed by atoms with E-state index in [1.807, 2.05) is 30.3 Å². The molecule has 4 N–H and O–H groups in total. The van der Waals surface area contributed by atoms with Gasteiger partial charge in [-0.2, -0.15) is 4.98 Å². The molecule has 0 aliphatic heterocycles. The van der Waals surface area contributed by atoms with Crippen LogP contribution in [0, 0.1) is 5.92 Å². The van der Waals surface area contributed by atoms with Gasteiger partial charge in [0.2, 0.25) is 5.95 Å². The number of imidazole rings is 1. The van der Waals surface area contributed by atoms with E-state index in [2.05, 4.69) is 20.3 Å².